The number of hydrogen-bond donors (Lipinski definition) is 1. The minimum Gasteiger partial charge on any atom is -0.384 e. The first kappa shape index (κ1) is 8.63. The van der Waals surface area contributed by atoms with Gasteiger partial charge in [-0.25, -0.2) is 14.4 Å². The summed E-state index contributed by atoms with van der Waals surface area (Å²) in [6.07, 6.45) is -1.09. The predicted octanol–water partition coefficient (Wildman–Crippen LogP) is 1.69. The van der Waals surface area contributed by atoms with Gasteiger partial charge in [0.1, 0.15) is 12.0 Å². The van der Waals surface area contributed by atoms with E-state index in [1.165, 1.54) is 13.0 Å². The van der Waals surface area contributed by atoms with Gasteiger partial charge in [-0.1, -0.05) is 0 Å². The molecule has 5 heteroatoms. The van der Waals surface area contributed by atoms with Crippen molar-refractivity contribution in [1.82, 2.24) is 9.97 Å². The fourth-order valence-electron chi connectivity index (χ4n) is 0.658. The number of hydrogen-bond acceptors (Lipinski definition) is 3. The molecule has 0 aliphatic carbocycles. The zero-order chi connectivity index (χ0) is 8.43. The lowest BCUT2D eigenvalue weighted by atomic mass is 10.3. The molecule has 1 rings (SSSR count). The Morgan fingerprint density at radius 3 is 2.73 bits per heavy atom. The van der Waals surface area contributed by atoms with Gasteiger partial charge in [0.15, 0.2) is 3.83 Å². The van der Waals surface area contributed by atoms with Crippen molar-refractivity contribution < 1.29 is 4.39 Å². The summed E-state index contributed by atoms with van der Waals surface area (Å²) in [7, 11) is 0. The second kappa shape index (κ2) is 3.29. The molecule has 0 saturated heterocycles. The molecule has 0 fully saturated rings. The van der Waals surface area contributed by atoms with E-state index < -0.39 is 6.17 Å². The second-order valence-corrected chi connectivity index (χ2v) is 3.07. The number of rotatable bonds is 1. The third kappa shape index (κ3) is 2.25. The molecule has 2 N–H and O–H groups in total. The van der Waals surface area contributed by atoms with Crippen LogP contribution in [0.5, 0.6) is 0 Å². The third-order valence-electron chi connectivity index (χ3n) is 1.15. The van der Waals surface area contributed by atoms with E-state index in [2.05, 4.69) is 9.97 Å². The summed E-state index contributed by atoms with van der Waals surface area (Å²) in [6.45, 7) is 1.41. The van der Waals surface area contributed by atoms with Gasteiger partial charge in [0, 0.05) is 28.7 Å². The van der Waals surface area contributed by atoms with Gasteiger partial charge >= 0.3 is 0 Å². The molecule has 1 unspecified atom stereocenters. The Bertz CT molecular complexity index is 244. The van der Waals surface area contributed by atoms with Crippen LogP contribution in [-0.2, 0) is 0 Å². The Hall–Kier alpha value is -0.460. The number of anilines is 1. The fourth-order valence-corrected chi connectivity index (χ4v) is 1.21. The highest BCUT2D eigenvalue weighted by molar-refractivity contribution is 14.1. The SMILES string of the molecule is CC(F)c1cc(N)nc(I)n1. The van der Waals surface area contributed by atoms with Crippen LogP contribution in [0.4, 0.5) is 10.2 Å². The van der Waals surface area contributed by atoms with Gasteiger partial charge in [0.25, 0.3) is 0 Å². The Kier molecular flexibility index (Phi) is 2.58. The lowest BCUT2D eigenvalue weighted by Crippen LogP contribution is -2.00. The van der Waals surface area contributed by atoms with E-state index in [1.807, 2.05) is 22.6 Å². The first-order chi connectivity index (χ1) is 5.09. The van der Waals surface area contributed by atoms with Crippen molar-refractivity contribution in [1.29, 1.82) is 0 Å². The average Bonchev–Trinajstić information content (AvgIpc) is 1.85. The Labute approximate surface area is 77.4 Å². The number of halogens is 2. The van der Waals surface area contributed by atoms with Crippen LogP contribution < -0.4 is 5.73 Å². The number of aromatic nitrogens is 2. The number of nitrogens with zero attached hydrogens (tertiary/aromatic N) is 2. The molecule has 1 heterocycles. The third-order valence-corrected chi connectivity index (χ3v) is 1.63. The van der Waals surface area contributed by atoms with E-state index in [0.29, 0.717) is 15.3 Å². The lowest BCUT2D eigenvalue weighted by molar-refractivity contribution is 0.365. The van der Waals surface area contributed by atoms with Crippen LogP contribution in [0.2, 0.25) is 0 Å². The molecule has 0 radical (unpaired) electrons. The van der Waals surface area contributed by atoms with Crippen molar-refractivity contribution in [3.05, 3.63) is 15.6 Å². The van der Waals surface area contributed by atoms with Crippen LogP contribution in [0, 0.1) is 3.83 Å². The van der Waals surface area contributed by atoms with Crippen LogP contribution >= 0.6 is 22.6 Å². The van der Waals surface area contributed by atoms with Crippen LogP contribution in [-0.4, -0.2) is 9.97 Å². The van der Waals surface area contributed by atoms with E-state index in [-0.39, 0.29) is 0 Å². The van der Waals surface area contributed by atoms with Crippen LogP contribution in [0.15, 0.2) is 6.07 Å². The van der Waals surface area contributed by atoms with Gasteiger partial charge in [0.05, 0.1) is 5.69 Å². The molecule has 0 aliphatic heterocycles. The Morgan fingerprint density at radius 1 is 1.64 bits per heavy atom. The van der Waals surface area contributed by atoms with E-state index in [4.69, 9.17) is 5.73 Å². The van der Waals surface area contributed by atoms with Crippen LogP contribution in [0.3, 0.4) is 0 Å². The van der Waals surface area contributed by atoms with Crippen molar-refractivity contribution in [2.24, 2.45) is 0 Å². The smallest absolute Gasteiger partial charge is 0.193 e. The molecule has 0 aromatic carbocycles. The second-order valence-electron chi connectivity index (χ2n) is 2.10. The quantitative estimate of drug-likeness (QED) is 0.622. The molecule has 0 saturated carbocycles. The first-order valence-corrected chi connectivity index (χ1v) is 4.11. The molecule has 60 valence electrons. The Balaban J connectivity index is 3.08. The molecule has 0 aliphatic rings. The summed E-state index contributed by atoms with van der Waals surface area (Å²) in [6, 6.07) is 1.44. The molecule has 1 aromatic rings. The lowest BCUT2D eigenvalue weighted by Gasteiger charge is -2.01. The van der Waals surface area contributed by atoms with E-state index in [1.54, 1.807) is 0 Å². The predicted molar refractivity (Wildman–Crippen MR) is 48.7 cm³/mol. The fraction of sp³-hybridized carbons (Fsp3) is 0.333. The van der Waals surface area contributed by atoms with E-state index >= 15 is 0 Å². The van der Waals surface area contributed by atoms with Gasteiger partial charge in [-0.3, -0.25) is 0 Å². The maximum atomic E-state index is 12.6. The normalized spacial score (nSPS) is 13.0. The largest absolute Gasteiger partial charge is 0.384 e. The number of nitrogens with two attached hydrogens (primary N) is 1. The van der Waals surface area contributed by atoms with Crippen molar-refractivity contribution in [2.75, 3.05) is 5.73 Å². The zero-order valence-electron chi connectivity index (χ0n) is 5.88. The monoisotopic (exact) mass is 267 g/mol. The highest BCUT2D eigenvalue weighted by atomic mass is 127. The summed E-state index contributed by atoms with van der Waals surface area (Å²) in [5.74, 6) is 0.309. The minimum absolute atomic E-state index is 0.309. The summed E-state index contributed by atoms with van der Waals surface area (Å²) in [4.78, 5) is 7.66. The highest BCUT2D eigenvalue weighted by Crippen LogP contribution is 2.15. The van der Waals surface area contributed by atoms with Crippen LogP contribution in [0.1, 0.15) is 18.8 Å². The molecule has 0 bridgehead atoms. The molecule has 1 atom stereocenters. The van der Waals surface area contributed by atoms with Crippen molar-refractivity contribution in [3.63, 3.8) is 0 Å². The minimum atomic E-state index is -1.09. The maximum absolute atomic E-state index is 12.6. The van der Waals surface area contributed by atoms with Crippen molar-refractivity contribution in [2.45, 2.75) is 13.1 Å². The van der Waals surface area contributed by atoms with Gasteiger partial charge in [-0.05, 0) is 6.92 Å². The number of nitrogen functional groups attached to an aromatic ring is 1. The van der Waals surface area contributed by atoms with E-state index in [0.717, 1.165) is 0 Å². The summed E-state index contributed by atoms with van der Waals surface area (Å²) < 4.78 is 13.1. The molecule has 3 nitrogen and oxygen atoms in total. The van der Waals surface area contributed by atoms with Crippen molar-refractivity contribution >= 4 is 28.4 Å². The van der Waals surface area contributed by atoms with Gasteiger partial charge in [-0.2, -0.15) is 0 Å². The maximum Gasteiger partial charge on any atom is 0.193 e. The zero-order valence-corrected chi connectivity index (χ0v) is 8.04. The molecule has 11 heavy (non-hydrogen) atoms. The van der Waals surface area contributed by atoms with Crippen molar-refractivity contribution in [3.8, 4) is 0 Å². The standard InChI is InChI=1S/C6H7FIN3/c1-3(7)4-2-5(9)11-6(8)10-4/h2-3H,1H3,(H2,9,10,11). The summed E-state index contributed by atoms with van der Waals surface area (Å²) >= 11 is 1.90. The highest BCUT2D eigenvalue weighted by Gasteiger charge is 2.06. The first-order valence-electron chi connectivity index (χ1n) is 3.03. The molecule has 0 amide bonds. The summed E-state index contributed by atoms with van der Waals surface area (Å²) in [5.41, 5.74) is 5.71. The average molecular weight is 267 g/mol. The molecular weight excluding hydrogens is 260 g/mol. The summed E-state index contributed by atoms with van der Waals surface area (Å²) in [5, 5.41) is 0. The molecular formula is C6H7FIN3. The molecule has 1 aromatic heterocycles. The van der Waals surface area contributed by atoms with Gasteiger partial charge < -0.3 is 5.73 Å². The van der Waals surface area contributed by atoms with E-state index in [9.17, 15) is 4.39 Å². The molecule has 0 spiro atoms. The number of alkyl halides is 1. The Morgan fingerprint density at radius 2 is 2.27 bits per heavy atom. The van der Waals surface area contributed by atoms with Gasteiger partial charge in [-0.15, -0.1) is 0 Å². The topological polar surface area (TPSA) is 51.8 Å². The van der Waals surface area contributed by atoms with Crippen LogP contribution in [0.25, 0.3) is 0 Å². The van der Waals surface area contributed by atoms with Gasteiger partial charge in [0.2, 0.25) is 0 Å².